The van der Waals surface area contributed by atoms with Crippen LogP contribution in [0, 0.1) is 0 Å². The molecule has 0 aliphatic carbocycles. The van der Waals surface area contributed by atoms with Crippen LogP contribution in [-0.4, -0.2) is 45.2 Å². The number of hydrogen-bond donors (Lipinski definition) is 1. The van der Waals surface area contributed by atoms with Gasteiger partial charge in [-0.3, -0.25) is 9.69 Å². The van der Waals surface area contributed by atoms with Gasteiger partial charge in [0.25, 0.3) is 5.91 Å². The van der Waals surface area contributed by atoms with Gasteiger partial charge in [-0.15, -0.1) is 0 Å². The third-order valence-electron chi connectivity index (χ3n) is 5.23. The molecule has 1 fully saturated rings. The second-order valence-electron chi connectivity index (χ2n) is 7.25. The molecule has 0 bridgehead atoms. The molecule has 156 valence electrons. The summed E-state index contributed by atoms with van der Waals surface area (Å²) in [7, 11) is 4.61. The SMILES string of the molecule is COc1cc(C(=O)NCc2cccc(CN3CCCCC3)c2)cc(OC)c1OC. The number of nitrogens with zero attached hydrogens (tertiary/aromatic N) is 1. The molecule has 3 rings (SSSR count). The van der Waals surface area contributed by atoms with Crippen molar-refractivity contribution < 1.29 is 19.0 Å². The number of likely N-dealkylation sites (tertiary alicyclic amines) is 1. The summed E-state index contributed by atoms with van der Waals surface area (Å²) in [6.07, 6.45) is 3.90. The Hall–Kier alpha value is -2.73. The predicted molar refractivity (Wildman–Crippen MR) is 113 cm³/mol. The van der Waals surface area contributed by atoms with Gasteiger partial charge in [-0.25, -0.2) is 0 Å². The molecule has 0 unspecified atom stereocenters. The van der Waals surface area contributed by atoms with E-state index in [4.69, 9.17) is 14.2 Å². The minimum absolute atomic E-state index is 0.189. The van der Waals surface area contributed by atoms with Crippen LogP contribution in [0.3, 0.4) is 0 Å². The zero-order chi connectivity index (χ0) is 20.6. The van der Waals surface area contributed by atoms with E-state index in [0.29, 0.717) is 29.4 Å². The molecule has 1 saturated heterocycles. The summed E-state index contributed by atoms with van der Waals surface area (Å²) in [4.78, 5) is 15.2. The summed E-state index contributed by atoms with van der Waals surface area (Å²) in [6, 6.07) is 11.7. The number of rotatable bonds is 8. The molecule has 0 spiro atoms. The van der Waals surface area contributed by atoms with Gasteiger partial charge >= 0.3 is 0 Å². The third kappa shape index (κ3) is 5.41. The van der Waals surface area contributed by atoms with Crippen molar-refractivity contribution in [1.82, 2.24) is 10.2 Å². The second kappa shape index (κ2) is 10.2. The molecule has 29 heavy (non-hydrogen) atoms. The Balaban J connectivity index is 1.65. The molecule has 1 aliphatic rings. The second-order valence-corrected chi connectivity index (χ2v) is 7.25. The molecule has 1 amide bonds. The zero-order valence-corrected chi connectivity index (χ0v) is 17.5. The summed E-state index contributed by atoms with van der Waals surface area (Å²) in [5, 5.41) is 2.98. The number of hydrogen-bond acceptors (Lipinski definition) is 5. The lowest BCUT2D eigenvalue weighted by Crippen LogP contribution is -2.29. The van der Waals surface area contributed by atoms with Crippen LogP contribution >= 0.6 is 0 Å². The first-order chi connectivity index (χ1) is 14.1. The predicted octanol–water partition coefficient (Wildman–Crippen LogP) is 3.63. The number of carbonyl (C=O) groups is 1. The number of methoxy groups -OCH3 is 3. The molecule has 0 radical (unpaired) electrons. The molecule has 0 aromatic heterocycles. The maximum Gasteiger partial charge on any atom is 0.251 e. The van der Waals surface area contributed by atoms with Crippen LogP contribution in [0.5, 0.6) is 17.2 Å². The fourth-order valence-corrected chi connectivity index (χ4v) is 3.71. The van der Waals surface area contributed by atoms with Gasteiger partial charge in [-0.1, -0.05) is 30.7 Å². The highest BCUT2D eigenvalue weighted by molar-refractivity contribution is 5.95. The fraction of sp³-hybridized carbons (Fsp3) is 0.435. The smallest absolute Gasteiger partial charge is 0.251 e. The molecule has 1 aliphatic heterocycles. The number of benzene rings is 2. The first kappa shape index (κ1) is 21.0. The molecule has 0 atom stereocenters. The van der Waals surface area contributed by atoms with Crippen molar-refractivity contribution in [2.75, 3.05) is 34.4 Å². The van der Waals surface area contributed by atoms with Crippen LogP contribution in [0.4, 0.5) is 0 Å². The average Bonchev–Trinajstić information content (AvgIpc) is 2.77. The van der Waals surface area contributed by atoms with E-state index in [2.05, 4.69) is 28.4 Å². The van der Waals surface area contributed by atoms with Crippen LogP contribution in [0.1, 0.15) is 40.7 Å². The quantitative estimate of drug-likeness (QED) is 0.736. The minimum Gasteiger partial charge on any atom is -0.493 e. The Morgan fingerprint density at radius 1 is 0.931 bits per heavy atom. The van der Waals surface area contributed by atoms with E-state index in [0.717, 1.165) is 12.1 Å². The molecular weight excluding hydrogens is 368 g/mol. The van der Waals surface area contributed by atoms with Crippen molar-refractivity contribution in [3.8, 4) is 17.2 Å². The van der Waals surface area contributed by atoms with Crippen LogP contribution in [-0.2, 0) is 13.1 Å². The van der Waals surface area contributed by atoms with Crippen LogP contribution in [0.25, 0.3) is 0 Å². The van der Waals surface area contributed by atoms with E-state index in [1.807, 2.05) is 6.07 Å². The maximum atomic E-state index is 12.7. The van der Waals surface area contributed by atoms with Crippen molar-refractivity contribution in [2.45, 2.75) is 32.4 Å². The third-order valence-corrected chi connectivity index (χ3v) is 5.23. The standard InChI is InChI=1S/C23H30N2O4/c1-27-20-13-19(14-21(28-2)22(20)29-3)23(26)24-15-17-8-7-9-18(12-17)16-25-10-5-4-6-11-25/h7-9,12-14H,4-6,10-11,15-16H2,1-3H3,(H,24,26). The highest BCUT2D eigenvalue weighted by atomic mass is 16.5. The molecular formula is C23H30N2O4. The Kier molecular flexibility index (Phi) is 7.36. The van der Waals surface area contributed by atoms with Crippen molar-refractivity contribution in [3.05, 3.63) is 53.1 Å². The van der Waals surface area contributed by atoms with Gasteiger partial charge in [0, 0.05) is 18.7 Å². The molecule has 2 aromatic carbocycles. The van der Waals surface area contributed by atoms with Gasteiger partial charge < -0.3 is 19.5 Å². The molecule has 6 nitrogen and oxygen atoms in total. The minimum atomic E-state index is -0.189. The average molecular weight is 399 g/mol. The van der Waals surface area contributed by atoms with Crippen LogP contribution < -0.4 is 19.5 Å². The van der Waals surface area contributed by atoms with E-state index in [-0.39, 0.29) is 5.91 Å². The summed E-state index contributed by atoms with van der Waals surface area (Å²) < 4.78 is 16.0. The Morgan fingerprint density at radius 2 is 1.59 bits per heavy atom. The number of nitrogens with one attached hydrogen (secondary N) is 1. The molecule has 0 saturated carbocycles. The number of carbonyl (C=O) groups excluding carboxylic acids is 1. The Bertz CT molecular complexity index is 806. The Labute approximate surface area is 172 Å². The molecule has 6 heteroatoms. The van der Waals surface area contributed by atoms with E-state index in [9.17, 15) is 4.79 Å². The topological polar surface area (TPSA) is 60.0 Å². The van der Waals surface area contributed by atoms with Gasteiger partial charge in [0.2, 0.25) is 5.75 Å². The highest BCUT2D eigenvalue weighted by Gasteiger charge is 2.17. The molecule has 1 heterocycles. The zero-order valence-electron chi connectivity index (χ0n) is 17.5. The van der Waals surface area contributed by atoms with Gasteiger partial charge in [0.1, 0.15) is 0 Å². The van der Waals surface area contributed by atoms with Crippen LogP contribution in [0.2, 0.25) is 0 Å². The van der Waals surface area contributed by atoms with Gasteiger partial charge in [-0.2, -0.15) is 0 Å². The van der Waals surface area contributed by atoms with Crippen molar-refractivity contribution in [1.29, 1.82) is 0 Å². The molecule has 2 aromatic rings. The van der Waals surface area contributed by atoms with E-state index in [1.54, 1.807) is 12.1 Å². The van der Waals surface area contributed by atoms with E-state index < -0.39 is 0 Å². The van der Waals surface area contributed by atoms with Gasteiger partial charge in [0.15, 0.2) is 11.5 Å². The van der Waals surface area contributed by atoms with E-state index >= 15 is 0 Å². The normalized spacial score (nSPS) is 14.3. The van der Waals surface area contributed by atoms with Crippen LogP contribution in [0.15, 0.2) is 36.4 Å². The summed E-state index contributed by atoms with van der Waals surface area (Å²) in [5.41, 5.74) is 2.83. The van der Waals surface area contributed by atoms with Crippen molar-refractivity contribution >= 4 is 5.91 Å². The number of ether oxygens (including phenoxy) is 3. The molecule has 1 N–H and O–H groups in total. The Morgan fingerprint density at radius 3 is 2.21 bits per heavy atom. The summed E-state index contributed by atoms with van der Waals surface area (Å²) in [5.74, 6) is 1.20. The maximum absolute atomic E-state index is 12.7. The summed E-state index contributed by atoms with van der Waals surface area (Å²) in [6.45, 7) is 3.77. The van der Waals surface area contributed by atoms with Crippen molar-refractivity contribution in [3.63, 3.8) is 0 Å². The monoisotopic (exact) mass is 398 g/mol. The lowest BCUT2D eigenvalue weighted by Gasteiger charge is -2.26. The first-order valence-electron chi connectivity index (χ1n) is 10.0. The van der Waals surface area contributed by atoms with E-state index in [1.165, 1.54) is 59.2 Å². The highest BCUT2D eigenvalue weighted by Crippen LogP contribution is 2.38. The lowest BCUT2D eigenvalue weighted by atomic mass is 10.1. The van der Waals surface area contributed by atoms with Crippen molar-refractivity contribution in [2.24, 2.45) is 0 Å². The van der Waals surface area contributed by atoms with Gasteiger partial charge in [0.05, 0.1) is 21.3 Å². The van der Waals surface area contributed by atoms with Gasteiger partial charge in [-0.05, 0) is 49.2 Å². The number of piperidine rings is 1. The first-order valence-corrected chi connectivity index (χ1v) is 10.0. The number of amides is 1. The summed E-state index contributed by atoms with van der Waals surface area (Å²) >= 11 is 0. The lowest BCUT2D eigenvalue weighted by molar-refractivity contribution is 0.0950. The fourth-order valence-electron chi connectivity index (χ4n) is 3.71. The largest absolute Gasteiger partial charge is 0.493 e.